The van der Waals surface area contributed by atoms with Crippen molar-refractivity contribution in [2.75, 3.05) is 20.1 Å². The summed E-state index contributed by atoms with van der Waals surface area (Å²) in [5, 5.41) is 0. The molecule has 0 aliphatic carbocycles. The first-order chi connectivity index (χ1) is 7.74. The van der Waals surface area contributed by atoms with Crippen LogP contribution in [0, 0.1) is 6.92 Å². The van der Waals surface area contributed by atoms with Gasteiger partial charge in [0.15, 0.2) is 0 Å². The van der Waals surface area contributed by atoms with Crippen LogP contribution in [0.15, 0.2) is 12.4 Å². The first-order valence-electron chi connectivity index (χ1n) is 5.88. The van der Waals surface area contributed by atoms with Gasteiger partial charge in [0.2, 0.25) is 5.88 Å². The quantitative estimate of drug-likeness (QED) is 0.767. The van der Waals surface area contributed by atoms with Crippen molar-refractivity contribution in [1.29, 1.82) is 0 Å². The van der Waals surface area contributed by atoms with Crippen LogP contribution in [0.1, 0.15) is 26.0 Å². The second kappa shape index (κ2) is 6.43. The average molecular weight is 223 g/mol. The number of ether oxygens (including phenoxy) is 1. The number of aryl methyl sites for hydroxylation is 1. The van der Waals surface area contributed by atoms with Crippen molar-refractivity contribution in [2.45, 2.75) is 33.3 Å². The van der Waals surface area contributed by atoms with E-state index in [0.717, 1.165) is 25.2 Å². The lowest BCUT2D eigenvalue weighted by atomic mass is 10.3. The van der Waals surface area contributed by atoms with E-state index in [1.165, 1.54) is 0 Å². The van der Waals surface area contributed by atoms with E-state index in [4.69, 9.17) is 4.74 Å². The summed E-state index contributed by atoms with van der Waals surface area (Å²) in [5.41, 5.74) is 0.897. The van der Waals surface area contributed by atoms with Gasteiger partial charge in [0.1, 0.15) is 6.10 Å². The highest BCUT2D eigenvalue weighted by Gasteiger charge is 2.21. The number of hydrogen-bond donors (Lipinski definition) is 0. The molecule has 0 aromatic carbocycles. The van der Waals surface area contributed by atoms with Crippen LogP contribution in [0.5, 0.6) is 5.88 Å². The first-order valence-corrected chi connectivity index (χ1v) is 5.88. The van der Waals surface area contributed by atoms with E-state index in [1.807, 2.05) is 20.8 Å². The molecule has 2 heterocycles. The molecule has 4 nitrogen and oxygen atoms in total. The first kappa shape index (κ1) is 12.9. The van der Waals surface area contributed by atoms with E-state index < -0.39 is 0 Å². The van der Waals surface area contributed by atoms with Crippen LogP contribution >= 0.6 is 0 Å². The molecule has 16 heavy (non-hydrogen) atoms. The third-order valence-electron chi connectivity index (χ3n) is 2.37. The Kier molecular flexibility index (Phi) is 5.19. The number of rotatable bonds is 2. The Bertz CT molecular complexity index is 317. The minimum absolute atomic E-state index is 0.274. The molecule has 0 N–H and O–H groups in total. The van der Waals surface area contributed by atoms with Crippen molar-refractivity contribution in [3.8, 4) is 5.88 Å². The molecule has 0 bridgehead atoms. The highest BCUT2D eigenvalue weighted by molar-refractivity contribution is 5.07. The van der Waals surface area contributed by atoms with Crippen LogP contribution in [-0.4, -0.2) is 41.1 Å². The maximum atomic E-state index is 5.71. The van der Waals surface area contributed by atoms with Gasteiger partial charge >= 0.3 is 0 Å². The standard InChI is InChI=1S/C10H15N3O.C2H6/c1-8-5-11-6-10(12-8)14-9-3-4-13(2)7-9;1-2/h5-6,9H,3-4,7H2,1-2H3;1-2H3. The summed E-state index contributed by atoms with van der Waals surface area (Å²) in [6, 6.07) is 0. The highest BCUT2D eigenvalue weighted by Crippen LogP contribution is 2.14. The largest absolute Gasteiger partial charge is 0.472 e. The van der Waals surface area contributed by atoms with Gasteiger partial charge in [-0.25, -0.2) is 4.98 Å². The van der Waals surface area contributed by atoms with Gasteiger partial charge in [0.25, 0.3) is 0 Å². The molecule has 1 aromatic rings. The van der Waals surface area contributed by atoms with Gasteiger partial charge < -0.3 is 9.64 Å². The fourth-order valence-electron chi connectivity index (χ4n) is 1.66. The maximum Gasteiger partial charge on any atom is 0.232 e. The molecule has 1 fully saturated rings. The smallest absolute Gasteiger partial charge is 0.232 e. The fourth-order valence-corrected chi connectivity index (χ4v) is 1.66. The maximum absolute atomic E-state index is 5.71. The van der Waals surface area contributed by atoms with Crippen molar-refractivity contribution in [3.05, 3.63) is 18.1 Å². The molecule has 0 radical (unpaired) electrons. The molecule has 90 valence electrons. The lowest BCUT2D eigenvalue weighted by Gasteiger charge is -2.12. The third kappa shape index (κ3) is 3.77. The summed E-state index contributed by atoms with van der Waals surface area (Å²) in [6.07, 6.45) is 4.75. The van der Waals surface area contributed by atoms with E-state index in [2.05, 4.69) is 21.9 Å². The molecule has 0 saturated carbocycles. The minimum atomic E-state index is 0.274. The summed E-state index contributed by atoms with van der Waals surface area (Å²) >= 11 is 0. The van der Waals surface area contributed by atoms with Gasteiger partial charge in [-0.2, -0.15) is 0 Å². The number of hydrogen-bond acceptors (Lipinski definition) is 4. The van der Waals surface area contributed by atoms with Gasteiger partial charge in [-0.3, -0.25) is 4.98 Å². The van der Waals surface area contributed by atoms with Crippen molar-refractivity contribution < 1.29 is 4.74 Å². The summed E-state index contributed by atoms with van der Waals surface area (Å²) in [5.74, 6) is 0.644. The van der Waals surface area contributed by atoms with Crippen molar-refractivity contribution in [1.82, 2.24) is 14.9 Å². The Hall–Kier alpha value is -1.16. The van der Waals surface area contributed by atoms with Crippen molar-refractivity contribution in [2.24, 2.45) is 0 Å². The van der Waals surface area contributed by atoms with E-state index in [9.17, 15) is 0 Å². The van der Waals surface area contributed by atoms with Gasteiger partial charge in [-0.15, -0.1) is 0 Å². The predicted molar refractivity (Wildman–Crippen MR) is 64.6 cm³/mol. The fraction of sp³-hybridized carbons (Fsp3) is 0.667. The number of aromatic nitrogens is 2. The monoisotopic (exact) mass is 223 g/mol. The van der Waals surface area contributed by atoms with Crippen LogP contribution in [0.4, 0.5) is 0 Å². The van der Waals surface area contributed by atoms with Crippen LogP contribution < -0.4 is 4.74 Å². The Labute approximate surface area is 97.7 Å². The van der Waals surface area contributed by atoms with E-state index >= 15 is 0 Å². The zero-order valence-electron chi connectivity index (χ0n) is 10.6. The average Bonchev–Trinajstić information content (AvgIpc) is 2.67. The Morgan fingerprint density at radius 3 is 2.69 bits per heavy atom. The van der Waals surface area contributed by atoms with Gasteiger partial charge in [0.05, 0.1) is 11.9 Å². The van der Waals surface area contributed by atoms with Crippen molar-refractivity contribution >= 4 is 0 Å². The molecular weight excluding hydrogens is 202 g/mol. The van der Waals surface area contributed by atoms with Crippen LogP contribution in [0.2, 0.25) is 0 Å². The summed E-state index contributed by atoms with van der Waals surface area (Å²) < 4.78 is 5.71. The molecule has 0 amide bonds. The van der Waals surface area contributed by atoms with E-state index in [-0.39, 0.29) is 6.10 Å². The van der Waals surface area contributed by atoms with Crippen molar-refractivity contribution in [3.63, 3.8) is 0 Å². The lowest BCUT2D eigenvalue weighted by Crippen LogP contribution is -2.21. The summed E-state index contributed by atoms with van der Waals surface area (Å²) in [4.78, 5) is 10.6. The number of likely N-dealkylation sites (N-methyl/N-ethyl adjacent to an activating group) is 1. The van der Waals surface area contributed by atoms with Gasteiger partial charge in [-0.05, 0) is 20.4 Å². The van der Waals surface area contributed by atoms with Crippen LogP contribution in [-0.2, 0) is 0 Å². The van der Waals surface area contributed by atoms with E-state index in [1.54, 1.807) is 12.4 Å². The summed E-state index contributed by atoms with van der Waals surface area (Å²) in [7, 11) is 2.10. The normalized spacial score (nSPS) is 20.1. The SMILES string of the molecule is CC.Cc1cncc(OC2CCN(C)C2)n1. The molecular formula is C12H21N3O. The Morgan fingerprint density at radius 1 is 1.38 bits per heavy atom. The molecule has 1 aliphatic heterocycles. The van der Waals surface area contributed by atoms with Gasteiger partial charge in [0, 0.05) is 19.3 Å². The zero-order valence-corrected chi connectivity index (χ0v) is 10.6. The lowest BCUT2D eigenvalue weighted by molar-refractivity contribution is 0.199. The Balaban J connectivity index is 0.000000606. The molecule has 2 rings (SSSR count). The molecule has 1 saturated heterocycles. The Morgan fingerprint density at radius 2 is 2.12 bits per heavy atom. The van der Waals surface area contributed by atoms with Gasteiger partial charge in [-0.1, -0.05) is 13.8 Å². The topological polar surface area (TPSA) is 38.2 Å². The highest BCUT2D eigenvalue weighted by atomic mass is 16.5. The van der Waals surface area contributed by atoms with Crippen LogP contribution in [0.3, 0.4) is 0 Å². The minimum Gasteiger partial charge on any atom is -0.472 e. The number of likely N-dealkylation sites (tertiary alicyclic amines) is 1. The molecule has 1 unspecified atom stereocenters. The number of nitrogens with zero attached hydrogens (tertiary/aromatic N) is 3. The molecule has 0 spiro atoms. The predicted octanol–water partition coefficient (Wildman–Crippen LogP) is 1.89. The third-order valence-corrected chi connectivity index (χ3v) is 2.37. The molecule has 1 aromatic heterocycles. The van der Waals surface area contributed by atoms with E-state index in [0.29, 0.717) is 5.88 Å². The second-order valence-electron chi connectivity index (χ2n) is 3.79. The molecule has 1 atom stereocenters. The van der Waals surface area contributed by atoms with Crippen LogP contribution in [0.25, 0.3) is 0 Å². The summed E-state index contributed by atoms with van der Waals surface area (Å²) in [6.45, 7) is 8.00. The second-order valence-corrected chi connectivity index (χ2v) is 3.79. The molecule has 1 aliphatic rings. The zero-order chi connectivity index (χ0) is 12.0. The molecule has 4 heteroatoms.